The number of hydrogen-bond donors (Lipinski definition) is 1. The Morgan fingerprint density at radius 3 is 2.89 bits per heavy atom. The molecule has 3 nitrogen and oxygen atoms in total. The summed E-state index contributed by atoms with van der Waals surface area (Å²) >= 11 is 0. The second-order valence-electron chi connectivity index (χ2n) is 4.96. The highest BCUT2D eigenvalue weighted by atomic mass is 19.1. The van der Waals surface area contributed by atoms with Gasteiger partial charge in [-0.3, -0.25) is 4.79 Å². The van der Waals surface area contributed by atoms with Crippen LogP contribution in [0.3, 0.4) is 0 Å². The summed E-state index contributed by atoms with van der Waals surface area (Å²) in [5, 5.41) is 2.55. The summed E-state index contributed by atoms with van der Waals surface area (Å²) < 4.78 is 19.0. The average Bonchev–Trinajstić information content (AvgIpc) is 2.26. The van der Waals surface area contributed by atoms with Gasteiger partial charge in [-0.1, -0.05) is 0 Å². The highest BCUT2D eigenvalue weighted by Gasteiger charge is 2.30. The number of rotatable bonds is 1. The van der Waals surface area contributed by atoms with Crippen molar-refractivity contribution in [3.63, 3.8) is 0 Å². The maximum absolute atomic E-state index is 13.2. The molecule has 96 valence electrons. The maximum Gasteiger partial charge on any atom is 0.244 e. The Morgan fingerprint density at radius 1 is 1.50 bits per heavy atom. The topological polar surface area (TPSA) is 38.3 Å². The highest BCUT2D eigenvalue weighted by molar-refractivity contribution is 5.96. The minimum absolute atomic E-state index is 0.169. The summed E-state index contributed by atoms with van der Waals surface area (Å²) in [6.07, 6.45) is 2.15. The molecule has 0 aliphatic carbocycles. The van der Waals surface area contributed by atoms with Gasteiger partial charge >= 0.3 is 0 Å². The lowest BCUT2D eigenvalue weighted by molar-refractivity contribution is -0.116. The van der Waals surface area contributed by atoms with Crippen LogP contribution in [0.15, 0.2) is 24.3 Å². The molecule has 1 aliphatic rings. The molecule has 1 amide bonds. The van der Waals surface area contributed by atoms with E-state index in [0.717, 1.165) is 11.1 Å². The molecule has 0 radical (unpaired) electrons. The van der Waals surface area contributed by atoms with Crippen LogP contribution in [0.2, 0.25) is 0 Å². The third-order valence-electron chi connectivity index (χ3n) is 2.84. The number of nitrogens with one attached hydrogen (secondary N) is 1. The molecule has 0 unspecified atom stereocenters. The van der Waals surface area contributed by atoms with E-state index in [4.69, 9.17) is 4.74 Å². The Morgan fingerprint density at radius 2 is 2.22 bits per heavy atom. The van der Waals surface area contributed by atoms with Gasteiger partial charge in [0.2, 0.25) is 5.91 Å². The molecule has 1 aromatic carbocycles. The van der Waals surface area contributed by atoms with E-state index < -0.39 is 5.60 Å². The van der Waals surface area contributed by atoms with Crippen molar-refractivity contribution in [2.24, 2.45) is 0 Å². The smallest absolute Gasteiger partial charge is 0.244 e. The predicted molar refractivity (Wildman–Crippen MR) is 67.8 cm³/mol. The molecule has 4 heteroatoms. The Balaban J connectivity index is 2.50. The Kier molecular flexibility index (Phi) is 3.11. The number of likely N-dealkylation sites (N-methyl/N-ethyl adjacent to an activating group) is 1. The van der Waals surface area contributed by atoms with Crippen molar-refractivity contribution in [1.29, 1.82) is 0 Å². The molecule has 1 heterocycles. The van der Waals surface area contributed by atoms with E-state index in [-0.39, 0.29) is 11.7 Å². The van der Waals surface area contributed by atoms with Crippen LogP contribution < -0.4 is 10.1 Å². The first-order valence-corrected chi connectivity index (χ1v) is 5.82. The fourth-order valence-electron chi connectivity index (χ4n) is 2.09. The van der Waals surface area contributed by atoms with E-state index >= 15 is 0 Å². The van der Waals surface area contributed by atoms with Crippen molar-refractivity contribution >= 4 is 11.5 Å². The summed E-state index contributed by atoms with van der Waals surface area (Å²) in [6.45, 7) is 3.83. The summed E-state index contributed by atoms with van der Waals surface area (Å²) in [7, 11) is 1.58. The minimum Gasteiger partial charge on any atom is -0.487 e. The molecule has 2 rings (SSSR count). The van der Waals surface area contributed by atoms with Crippen LogP contribution in [-0.2, 0) is 4.79 Å². The standard InChI is InChI=1S/C14H16FNO2/c1-14(2)8-9(6-13(17)16-3)11-5-4-10(15)7-12(11)18-14/h4-7H,8H2,1-3H3,(H,16,17)/b9-6+. The second-order valence-corrected chi connectivity index (χ2v) is 4.96. The highest BCUT2D eigenvalue weighted by Crippen LogP contribution is 2.40. The minimum atomic E-state index is -0.444. The molecule has 1 aromatic rings. The number of hydrogen-bond acceptors (Lipinski definition) is 2. The van der Waals surface area contributed by atoms with E-state index in [0.29, 0.717) is 12.2 Å². The monoisotopic (exact) mass is 249 g/mol. The summed E-state index contributed by atoms with van der Waals surface area (Å²) in [5.74, 6) is -0.0230. The Hall–Kier alpha value is -1.84. The molecule has 0 bridgehead atoms. The van der Waals surface area contributed by atoms with Crippen molar-refractivity contribution in [1.82, 2.24) is 5.32 Å². The van der Waals surface area contributed by atoms with Gasteiger partial charge in [-0.05, 0) is 31.6 Å². The molecular weight excluding hydrogens is 233 g/mol. The summed E-state index contributed by atoms with van der Waals surface area (Å²) in [5.41, 5.74) is 1.20. The fraction of sp³-hybridized carbons (Fsp3) is 0.357. The van der Waals surface area contributed by atoms with E-state index in [9.17, 15) is 9.18 Å². The first kappa shape index (κ1) is 12.6. The first-order valence-electron chi connectivity index (χ1n) is 5.82. The van der Waals surface area contributed by atoms with Crippen molar-refractivity contribution in [2.45, 2.75) is 25.9 Å². The van der Waals surface area contributed by atoms with Crippen LogP contribution in [0, 0.1) is 5.82 Å². The lowest BCUT2D eigenvalue weighted by Gasteiger charge is -2.34. The van der Waals surface area contributed by atoms with Gasteiger partial charge in [-0.15, -0.1) is 0 Å². The number of ether oxygens (including phenoxy) is 1. The SMILES string of the molecule is CNC(=O)/C=C1\CC(C)(C)Oc2cc(F)ccc21. The number of carbonyl (C=O) groups excluding carboxylic acids is 1. The zero-order valence-corrected chi connectivity index (χ0v) is 10.7. The molecule has 1 aliphatic heterocycles. The van der Waals surface area contributed by atoms with E-state index in [1.165, 1.54) is 12.1 Å². The molecule has 0 spiro atoms. The molecule has 0 aromatic heterocycles. The van der Waals surface area contributed by atoms with Crippen molar-refractivity contribution in [3.05, 3.63) is 35.7 Å². The van der Waals surface area contributed by atoms with Crippen LogP contribution in [0.25, 0.3) is 5.57 Å². The zero-order valence-electron chi connectivity index (χ0n) is 10.7. The number of benzene rings is 1. The van der Waals surface area contributed by atoms with Gasteiger partial charge in [-0.25, -0.2) is 4.39 Å². The molecule has 0 atom stereocenters. The lowest BCUT2D eigenvalue weighted by Crippen LogP contribution is -2.32. The zero-order chi connectivity index (χ0) is 13.3. The van der Waals surface area contributed by atoms with E-state index in [1.54, 1.807) is 19.2 Å². The van der Waals surface area contributed by atoms with E-state index in [2.05, 4.69) is 5.32 Å². The fourth-order valence-corrected chi connectivity index (χ4v) is 2.09. The number of fused-ring (bicyclic) bond motifs is 1. The molecule has 18 heavy (non-hydrogen) atoms. The molecule has 0 saturated heterocycles. The van der Waals surface area contributed by atoms with Crippen LogP contribution in [0.5, 0.6) is 5.75 Å². The predicted octanol–water partition coefficient (Wildman–Crippen LogP) is 2.52. The van der Waals surface area contributed by atoms with Crippen LogP contribution in [-0.4, -0.2) is 18.6 Å². The van der Waals surface area contributed by atoms with Crippen molar-refractivity contribution in [3.8, 4) is 5.75 Å². The van der Waals surface area contributed by atoms with Crippen LogP contribution in [0.4, 0.5) is 4.39 Å². The van der Waals surface area contributed by atoms with Gasteiger partial charge in [0.15, 0.2) is 0 Å². The number of halogens is 1. The van der Waals surface area contributed by atoms with Crippen LogP contribution in [0.1, 0.15) is 25.8 Å². The van der Waals surface area contributed by atoms with Crippen LogP contribution >= 0.6 is 0 Å². The van der Waals surface area contributed by atoms with Gasteiger partial charge < -0.3 is 10.1 Å². The maximum atomic E-state index is 13.2. The van der Waals surface area contributed by atoms with Crippen molar-refractivity contribution in [2.75, 3.05) is 7.05 Å². The van der Waals surface area contributed by atoms with E-state index in [1.807, 2.05) is 13.8 Å². The normalized spacial score (nSPS) is 19.0. The van der Waals surface area contributed by atoms with Gasteiger partial charge in [0.25, 0.3) is 0 Å². The Bertz CT molecular complexity index is 521. The molecule has 0 saturated carbocycles. The first-order chi connectivity index (χ1) is 8.41. The second kappa shape index (κ2) is 4.44. The van der Waals surface area contributed by atoms with Gasteiger partial charge in [-0.2, -0.15) is 0 Å². The van der Waals surface area contributed by atoms with Crippen molar-refractivity contribution < 1.29 is 13.9 Å². The molecule has 0 fully saturated rings. The Labute approximate surface area is 106 Å². The number of amides is 1. The molecule has 1 N–H and O–H groups in total. The summed E-state index contributed by atoms with van der Waals surface area (Å²) in [4.78, 5) is 11.5. The molecular formula is C14H16FNO2. The summed E-state index contributed by atoms with van der Waals surface area (Å²) in [6, 6.07) is 4.38. The lowest BCUT2D eigenvalue weighted by atomic mass is 9.89. The third-order valence-corrected chi connectivity index (χ3v) is 2.84. The largest absolute Gasteiger partial charge is 0.487 e. The van der Waals surface area contributed by atoms with Gasteiger partial charge in [0.1, 0.15) is 17.2 Å². The third kappa shape index (κ3) is 2.53. The number of carbonyl (C=O) groups is 1. The quantitative estimate of drug-likeness (QED) is 0.777. The average molecular weight is 249 g/mol. The van der Waals surface area contributed by atoms with Gasteiger partial charge in [0.05, 0.1) is 0 Å². The van der Waals surface area contributed by atoms with Gasteiger partial charge in [0, 0.05) is 31.2 Å².